The van der Waals surface area contributed by atoms with Crippen LogP contribution in [0.3, 0.4) is 0 Å². The zero-order chi connectivity index (χ0) is 25.8. The van der Waals surface area contributed by atoms with Crippen molar-refractivity contribution in [2.75, 3.05) is 25.0 Å². The highest BCUT2D eigenvalue weighted by atomic mass is 32.2. The Morgan fingerprint density at radius 1 is 1.29 bits per heavy atom. The maximum Gasteiger partial charge on any atom is 0.326 e. The number of fused-ring (bicyclic) bond motifs is 1. The molecule has 35 heavy (non-hydrogen) atoms. The Morgan fingerprint density at radius 2 is 2.03 bits per heavy atom. The molecule has 1 aromatic rings. The number of piperidine rings is 1. The number of nitrogens with one attached hydrogen (secondary N) is 2. The zero-order valence-electron chi connectivity index (χ0n) is 20.2. The van der Waals surface area contributed by atoms with E-state index >= 15 is 0 Å². The van der Waals surface area contributed by atoms with Crippen molar-refractivity contribution in [2.24, 2.45) is 28.3 Å². The molecule has 1 aromatic carbocycles. The number of hydrogen-bond donors (Lipinski definition) is 5. The van der Waals surface area contributed by atoms with Crippen molar-refractivity contribution in [3.8, 4) is 0 Å². The van der Waals surface area contributed by atoms with Gasteiger partial charge < -0.3 is 26.8 Å². The van der Waals surface area contributed by atoms with Crippen molar-refractivity contribution < 1.29 is 23.1 Å². The van der Waals surface area contributed by atoms with E-state index in [-0.39, 0.29) is 36.3 Å². The summed E-state index contributed by atoms with van der Waals surface area (Å²) in [5, 5.41) is 12.9. The van der Waals surface area contributed by atoms with Crippen LogP contribution in [0.15, 0.2) is 28.1 Å². The Balaban J connectivity index is 1.88. The number of carbonyl (C=O) groups excluding carboxylic acids is 1. The number of aliphatic imine (C=N–C) groups is 1. The number of carboxylic acids is 1. The third-order valence-corrected chi connectivity index (χ3v) is 8.09. The van der Waals surface area contributed by atoms with Crippen LogP contribution in [0.2, 0.25) is 0 Å². The van der Waals surface area contributed by atoms with E-state index in [1.54, 1.807) is 6.07 Å². The highest BCUT2D eigenvalue weighted by Gasteiger charge is 2.39. The Morgan fingerprint density at radius 3 is 2.71 bits per heavy atom. The van der Waals surface area contributed by atoms with Gasteiger partial charge in [0, 0.05) is 19.6 Å². The van der Waals surface area contributed by atoms with Gasteiger partial charge in [0.15, 0.2) is 5.96 Å². The Labute approximate surface area is 206 Å². The van der Waals surface area contributed by atoms with Gasteiger partial charge in [-0.05, 0) is 55.6 Å². The summed E-state index contributed by atoms with van der Waals surface area (Å²) in [6.07, 6.45) is 2.17. The largest absolute Gasteiger partial charge is 0.480 e. The number of aliphatic carboxylic acids is 1. The molecule has 0 bridgehead atoms. The predicted octanol–water partition coefficient (Wildman–Crippen LogP) is 0.703. The quantitative estimate of drug-likeness (QED) is 0.184. The lowest BCUT2D eigenvalue weighted by molar-refractivity contribution is -0.153. The second-order valence-electron chi connectivity index (χ2n) is 9.62. The van der Waals surface area contributed by atoms with E-state index in [0.29, 0.717) is 37.4 Å². The van der Waals surface area contributed by atoms with Crippen LogP contribution in [0.1, 0.15) is 45.1 Å². The van der Waals surface area contributed by atoms with Crippen LogP contribution >= 0.6 is 0 Å². The van der Waals surface area contributed by atoms with Gasteiger partial charge in [0.2, 0.25) is 15.9 Å². The normalized spacial score (nSPS) is 23.0. The molecule has 2 aliphatic heterocycles. The minimum atomic E-state index is -4.10. The summed E-state index contributed by atoms with van der Waals surface area (Å²) in [4.78, 5) is 30.7. The number of sulfonamides is 1. The molecule has 11 nitrogen and oxygen atoms in total. The minimum Gasteiger partial charge on any atom is -0.480 e. The minimum absolute atomic E-state index is 0.0750. The molecule has 3 rings (SSSR count). The molecule has 1 unspecified atom stereocenters. The van der Waals surface area contributed by atoms with Gasteiger partial charge in [-0.1, -0.05) is 26.0 Å². The number of guanidine groups is 1. The number of anilines is 1. The van der Waals surface area contributed by atoms with Crippen molar-refractivity contribution in [1.29, 1.82) is 0 Å². The number of benzene rings is 1. The van der Waals surface area contributed by atoms with Gasteiger partial charge in [0.1, 0.15) is 17.0 Å². The van der Waals surface area contributed by atoms with Gasteiger partial charge in [-0.15, -0.1) is 0 Å². The highest BCUT2D eigenvalue weighted by Crippen LogP contribution is 2.31. The second-order valence-corrected chi connectivity index (χ2v) is 11.3. The molecule has 1 fully saturated rings. The summed E-state index contributed by atoms with van der Waals surface area (Å²) in [5.74, 6) is -1.22. The average molecular weight is 509 g/mol. The fourth-order valence-corrected chi connectivity index (χ4v) is 6.17. The first-order valence-electron chi connectivity index (χ1n) is 12.0. The molecular formula is C23H36N6O5S. The van der Waals surface area contributed by atoms with Gasteiger partial charge in [0.25, 0.3) is 0 Å². The van der Waals surface area contributed by atoms with Crippen LogP contribution < -0.4 is 21.5 Å². The number of nitrogens with two attached hydrogens (primary N) is 2. The number of carboxylic acid groups (broad SMARTS) is 1. The summed E-state index contributed by atoms with van der Waals surface area (Å²) < 4.78 is 29.5. The second kappa shape index (κ2) is 11.3. The molecule has 0 aromatic heterocycles. The van der Waals surface area contributed by atoms with Crippen molar-refractivity contribution in [3.05, 3.63) is 23.8 Å². The summed E-state index contributed by atoms with van der Waals surface area (Å²) in [7, 11) is -4.10. The summed E-state index contributed by atoms with van der Waals surface area (Å²) in [6, 6.07) is 2.94. The van der Waals surface area contributed by atoms with E-state index in [2.05, 4.69) is 22.0 Å². The van der Waals surface area contributed by atoms with Crippen LogP contribution in [0.25, 0.3) is 0 Å². The smallest absolute Gasteiger partial charge is 0.326 e. The van der Waals surface area contributed by atoms with Crippen molar-refractivity contribution in [1.82, 2.24) is 9.62 Å². The fourth-order valence-electron chi connectivity index (χ4n) is 4.72. The first-order chi connectivity index (χ1) is 16.5. The molecule has 2 heterocycles. The van der Waals surface area contributed by atoms with E-state index in [1.165, 1.54) is 11.0 Å². The lowest BCUT2D eigenvalue weighted by Crippen LogP contribution is -2.56. The number of para-hydroxylation sites is 1. The van der Waals surface area contributed by atoms with Crippen molar-refractivity contribution in [3.63, 3.8) is 0 Å². The van der Waals surface area contributed by atoms with E-state index in [1.807, 2.05) is 13.0 Å². The Kier molecular flexibility index (Phi) is 8.60. The topological polar surface area (TPSA) is 180 Å². The fraction of sp³-hybridized carbons (Fsp3) is 0.609. The number of hydrogen-bond acceptors (Lipinski definition) is 6. The van der Waals surface area contributed by atoms with Crippen LogP contribution in [-0.4, -0.2) is 68.0 Å². The third kappa shape index (κ3) is 6.63. The Hall–Kier alpha value is -2.86. The summed E-state index contributed by atoms with van der Waals surface area (Å²) >= 11 is 0. The van der Waals surface area contributed by atoms with Gasteiger partial charge in [-0.25, -0.2) is 13.2 Å². The summed E-state index contributed by atoms with van der Waals surface area (Å²) in [6.45, 7) is 5.14. The predicted molar refractivity (Wildman–Crippen MR) is 133 cm³/mol. The number of nitrogens with zero attached hydrogens (tertiary/aromatic N) is 2. The SMILES string of the molecule is CC1CNc2c(cccc2S(=O)(=O)N[C@H](CCCN=C(N)N)C(=O)N2CC[C@@H](C)C[C@H]2C(=O)O)C1. The van der Waals surface area contributed by atoms with E-state index in [9.17, 15) is 23.1 Å². The third-order valence-electron chi connectivity index (χ3n) is 6.57. The first kappa shape index (κ1) is 26.7. The molecular weight excluding hydrogens is 472 g/mol. The number of amides is 1. The maximum atomic E-state index is 13.5. The molecule has 1 amide bonds. The van der Waals surface area contributed by atoms with Crippen molar-refractivity contribution in [2.45, 2.75) is 62.9 Å². The Bertz CT molecular complexity index is 1070. The molecule has 4 atom stereocenters. The molecule has 0 radical (unpaired) electrons. The number of carbonyl (C=O) groups is 2. The average Bonchev–Trinajstić information content (AvgIpc) is 2.79. The van der Waals surface area contributed by atoms with Gasteiger partial charge in [0.05, 0.1) is 5.69 Å². The molecule has 194 valence electrons. The standard InChI is InChI=1S/C23H36N6O5S/c1-14-8-10-29(18(12-14)22(31)32)21(30)17(6-4-9-26-23(24)25)28-35(33,34)19-7-3-5-16-11-15(2)13-27-20(16)19/h3,5,7,14-15,17-18,27-28H,4,6,8-13H2,1-2H3,(H,31,32)(H4,24,25,26)/t14-,15?,17-,18+/m1/s1. The lowest BCUT2D eigenvalue weighted by Gasteiger charge is -2.38. The lowest BCUT2D eigenvalue weighted by atomic mass is 9.91. The molecule has 7 N–H and O–H groups in total. The highest BCUT2D eigenvalue weighted by molar-refractivity contribution is 7.89. The molecule has 12 heteroatoms. The zero-order valence-corrected chi connectivity index (χ0v) is 21.1. The van der Waals surface area contributed by atoms with Crippen LogP contribution in [-0.2, 0) is 26.0 Å². The molecule has 0 saturated carbocycles. The monoisotopic (exact) mass is 508 g/mol. The maximum absolute atomic E-state index is 13.5. The van der Waals surface area contributed by atoms with Gasteiger partial charge in [-0.3, -0.25) is 9.79 Å². The molecule has 2 aliphatic rings. The number of rotatable bonds is 9. The summed E-state index contributed by atoms with van der Waals surface area (Å²) in [5.41, 5.74) is 12.2. The van der Waals surface area contributed by atoms with Gasteiger partial charge in [-0.2, -0.15) is 4.72 Å². The molecule has 0 spiro atoms. The van der Waals surface area contributed by atoms with Crippen LogP contribution in [0.4, 0.5) is 5.69 Å². The van der Waals surface area contributed by atoms with Crippen LogP contribution in [0, 0.1) is 11.8 Å². The molecule has 1 saturated heterocycles. The first-order valence-corrected chi connectivity index (χ1v) is 13.4. The van der Waals surface area contributed by atoms with Crippen LogP contribution in [0.5, 0.6) is 0 Å². The van der Waals surface area contributed by atoms with E-state index < -0.39 is 34.0 Å². The molecule has 0 aliphatic carbocycles. The van der Waals surface area contributed by atoms with E-state index in [0.717, 1.165) is 12.0 Å². The van der Waals surface area contributed by atoms with Gasteiger partial charge >= 0.3 is 5.97 Å². The van der Waals surface area contributed by atoms with Crippen molar-refractivity contribution >= 4 is 33.5 Å². The number of likely N-dealkylation sites (tertiary alicyclic amines) is 1. The van der Waals surface area contributed by atoms with E-state index in [4.69, 9.17) is 11.5 Å².